The molecule has 0 atom stereocenters. The van der Waals surface area contributed by atoms with E-state index in [1.165, 1.54) is 6.20 Å². The molecule has 22 heavy (non-hydrogen) atoms. The Bertz CT molecular complexity index is 789. The van der Waals surface area contributed by atoms with Gasteiger partial charge in [-0.15, -0.1) is 0 Å². The smallest absolute Gasteiger partial charge is 0.262 e. The number of ether oxygens (including phenoxy) is 1. The lowest BCUT2D eigenvalue weighted by molar-refractivity contribution is 0.102. The molecular weight excluding hydrogens is 286 g/mol. The summed E-state index contributed by atoms with van der Waals surface area (Å²) in [5, 5.41) is 10.0. The van der Waals surface area contributed by atoms with E-state index in [1.54, 1.807) is 44.4 Å². The first-order chi connectivity index (χ1) is 10.7. The number of carbonyl (C=O) groups excluding carboxylic acids is 1. The largest absolute Gasteiger partial charge is 0.497 e. The van der Waals surface area contributed by atoms with Gasteiger partial charge < -0.3 is 19.1 Å². The molecule has 1 N–H and O–H groups in total. The van der Waals surface area contributed by atoms with Gasteiger partial charge in [-0.2, -0.15) is 0 Å². The number of hydrogen-bond acceptors (Lipinski definition) is 6. The topological polar surface area (TPSA) is 90.4 Å². The van der Waals surface area contributed by atoms with Gasteiger partial charge in [0.25, 0.3) is 5.91 Å². The van der Waals surface area contributed by atoms with Gasteiger partial charge in [0.1, 0.15) is 17.1 Å². The van der Waals surface area contributed by atoms with Crippen LogP contribution in [0.4, 0.5) is 5.82 Å². The third-order valence-electron chi connectivity index (χ3n) is 3.04. The zero-order valence-electron chi connectivity index (χ0n) is 12.0. The summed E-state index contributed by atoms with van der Waals surface area (Å²) >= 11 is 0. The molecule has 2 aromatic heterocycles. The molecule has 2 heterocycles. The van der Waals surface area contributed by atoms with Crippen molar-refractivity contribution in [3.05, 3.63) is 47.9 Å². The lowest BCUT2D eigenvalue weighted by Gasteiger charge is -2.03. The number of anilines is 1. The maximum Gasteiger partial charge on any atom is 0.262 e. The van der Waals surface area contributed by atoms with Gasteiger partial charge >= 0.3 is 0 Å². The number of benzene rings is 1. The van der Waals surface area contributed by atoms with Crippen molar-refractivity contribution in [3.8, 4) is 17.1 Å². The number of nitrogens with one attached hydrogen (secondary N) is 1. The minimum Gasteiger partial charge on any atom is -0.497 e. The predicted octanol–water partition coefficient (Wildman–Crippen LogP) is 2.90. The first-order valence-corrected chi connectivity index (χ1v) is 6.51. The van der Waals surface area contributed by atoms with Gasteiger partial charge in [-0.1, -0.05) is 10.3 Å². The molecule has 0 unspecified atom stereocenters. The number of aromatic nitrogens is 2. The SMILES string of the molecule is COc1ccc(-c2oncc2C(=O)Nc2cc(C)on2)cc1. The second kappa shape index (κ2) is 5.72. The summed E-state index contributed by atoms with van der Waals surface area (Å²) < 4.78 is 15.2. The van der Waals surface area contributed by atoms with E-state index in [9.17, 15) is 4.79 Å². The molecule has 0 saturated carbocycles. The molecule has 0 bridgehead atoms. The van der Waals surface area contributed by atoms with E-state index in [0.717, 1.165) is 5.56 Å². The zero-order chi connectivity index (χ0) is 15.5. The molecule has 1 amide bonds. The van der Waals surface area contributed by atoms with Gasteiger partial charge in [0.2, 0.25) is 0 Å². The van der Waals surface area contributed by atoms with Crippen LogP contribution < -0.4 is 10.1 Å². The summed E-state index contributed by atoms with van der Waals surface area (Å²) in [5.74, 6) is 1.66. The lowest BCUT2D eigenvalue weighted by atomic mass is 10.1. The Morgan fingerprint density at radius 2 is 2.00 bits per heavy atom. The van der Waals surface area contributed by atoms with Crippen LogP contribution in [0.2, 0.25) is 0 Å². The third-order valence-corrected chi connectivity index (χ3v) is 3.04. The van der Waals surface area contributed by atoms with Crippen LogP contribution in [0.1, 0.15) is 16.1 Å². The Kier molecular flexibility index (Phi) is 3.61. The molecule has 0 radical (unpaired) electrons. The standard InChI is InChI=1S/C15H13N3O4/c1-9-7-13(18-21-9)17-15(19)12-8-16-22-14(12)10-3-5-11(20-2)6-4-10/h3-8H,1-2H3,(H,17,18,19). The average Bonchev–Trinajstić information content (AvgIpc) is 3.16. The fourth-order valence-corrected chi connectivity index (χ4v) is 1.96. The van der Waals surface area contributed by atoms with Crippen molar-refractivity contribution in [2.75, 3.05) is 12.4 Å². The van der Waals surface area contributed by atoms with Crippen molar-refractivity contribution in [2.45, 2.75) is 6.92 Å². The number of carbonyl (C=O) groups is 1. The molecular formula is C15H13N3O4. The fraction of sp³-hybridized carbons (Fsp3) is 0.133. The highest BCUT2D eigenvalue weighted by Gasteiger charge is 2.19. The molecule has 112 valence electrons. The Hall–Kier alpha value is -3.09. The molecule has 0 aliphatic rings. The van der Waals surface area contributed by atoms with Crippen molar-refractivity contribution in [3.63, 3.8) is 0 Å². The predicted molar refractivity (Wildman–Crippen MR) is 77.7 cm³/mol. The van der Waals surface area contributed by atoms with Gasteiger partial charge in [0.05, 0.1) is 13.3 Å². The Labute approximate surface area is 125 Å². The van der Waals surface area contributed by atoms with Crippen LogP contribution in [0.5, 0.6) is 5.75 Å². The van der Waals surface area contributed by atoms with Crippen LogP contribution in [0.3, 0.4) is 0 Å². The van der Waals surface area contributed by atoms with Gasteiger partial charge in [0, 0.05) is 11.6 Å². The van der Waals surface area contributed by atoms with E-state index in [-0.39, 0.29) is 5.91 Å². The maximum atomic E-state index is 12.3. The van der Waals surface area contributed by atoms with Gasteiger partial charge in [-0.3, -0.25) is 4.79 Å². The van der Waals surface area contributed by atoms with Gasteiger partial charge in [0.15, 0.2) is 11.6 Å². The summed E-state index contributed by atoms with van der Waals surface area (Å²) in [6, 6.07) is 8.76. The first-order valence-electron chi connectivity index (χ1n) is 6.51. The van der Waals surface area contributed by atoms with E-state index in [1.807, 2.05) is 0 Å². The summed E-state index contributed by atoms with van der Waals surface area (Å²) in [5.41, 5.74) is 1.03. The molecule has 3 rings (SSSR count). The van der Waals surface area contributed by atoms with Crippen molar-refractivity contribution in [1.82, 2.24) is 10.3 Å². The van der Waals surface area contributed by atoms with Crippen molar-refractivity contribution in [1.29, 1.82) is 0 Å². The number of hydrogen-bond donors (Lipinski definition) is 1. The summed E-state index contributed by atoms with van der Waals surface area (Å²) in [6.45, 7) is 1.74. The van der Waals surface area contributed by atoms with Crippen LogP contribution >= 0.6 is 0 Å². The summed E-state index contributed by atoms with van der Waals surface area (Å²) in [7, 11) is 1.59. The normalized spacial score (nSPS) is 10.5. The van der Waals surface area contributed by atoms with Crippen LogP contribution in [0.15, 0.2) is 45.6 Å². The molecule has 0 fully saturated rings. The fourth-order valence-electron chi connectivity index (χ4n) is 1.96. The highest BCUT2D eigenvalue weighted by Crippen LogP contribution is 2.26. The van der Waals surface area contributed by atoms with Crippen molar-refractivity contribution >= 4 is 11.7 Å². The summed E-state index contributed by atoms with van der Waals surface area (Å²) in [6.07, 6.45) is 1.36. The quantitative estimate of drug-likeness (QED) is 0.796. The van der Waals surface area contributed by atoms with E-state index in [0.29, 0.717) is 28.7 Å². The van der Waals surface area contributed by atoms with Crippen LogP contribution in [0.25, 0.3) is 11.3 Å². The zero-order valence-corrected chi connectivity index (χ0v) is 12.0. The molecule has 0 aliphatic heterocycles. The second-order valence-corrected chi connectivity index (χ2v) is 4.57. The van der Waals surface area contributed by atoms with E-state index in [2.05, 4.69) is 15.6 Å². The van der Waals surface area contributed by atoms with Crippen molar-refractivity contribution in [2.24, 2.45) is 0 Å². The highest BCUT2D eigenvalue weighted by molar-refractivity contribution is 6.07. The average molecular weight is 299 g/mol. The number of rotatable bonds is 4. The van der Waals surface area contributed by atoms with Crippen LogP contribution in [0, 0.1) is 6.92 Å². The number of aryl methyl sites for hydroxylation is 1. The second-order valence-electron chi connectivity index (χ2n) is 4.57. The number of amides is 1. The molecule has 3 aromatic rings. The molecule has 7 heteroatoms. The maximum absolute atomic E-state index is 12.3. The van der Waals surface area contributed by atoms with Crippen molar-refractivity contribution < 1.29 is 18.6 Å². The summed E-state index contributed by atoms with van der Waals surface area (Å²) in [4.78, 5) is 12.3. The lowest BCUT2D eigenvalue weighted by Crippen LogP contribution is -2.12. The number of nitrogens with zero attached hydrogens (tertiary/aromatic N) is 2. The van der Waals surface area contributed by atoms with Crippen LogP contribution in [-0.4, -0.2) is 23.3 Å². The molecule has 1 aromatic carbocycles. The Morgan fingerprint density at radius 1 is 1.23 bits per heavy atom. The highest BCUT2D eigenvalue weighted by atomic mass is 16.5. The van der Waals surface area contributed by atoms with E-state index < -0.39 is 0 Å². The van der Waals surface area contributed by atoms with E-state index in [4.69, 9.17) is 13.8 Å². The van der Waals surface area contributed by atoms with Gasteiger partial charge in [-0.05, 0) is 31.2 Å². The molecule has 0 saturated heterocycles. The molecule has 0 spiro atoms. The van der Waals surface area contributed by atoms with Crippen LogP contribution in [-0.2, 0) is 0 Å². The van der Waals surface area contributed by atoms with E-state index >= 15 is 0 Å². The minimum atomic E-state index is -0.375. The Morgan fingerprint density at radius 3 is 2.64 bits per heavy atom. The molecule has 7 nitrogen and oxygen atoms in total. The number of methoxy groups -OCH3 is 1. The first kappa shape index (κ1) is 13.9. The third kappa shape index (κ3) is 2.69. The minimum absolute atomic E-state index is 0.311. The monoisotopic (exact) mass is 299 g/mol. The molecule has 0 aliphatic carbocycles. The Balaban J connectivity index is 1.85. The van der Waals surface area contributed by atoms with Gasteiger partial charge in [-0.25, -0.2) is 0 Å².